The maximum atomic E-state index is 12.7. The zero-order chi connectivity index (χ0) is 20.3. The standard InChI is InChI=1S/C19H18N2O6S/c1-14(27-16-6-4-3-5-7-16)18(22)20-12-13-21(19(20)23)28(24,25)17-10-8-15(26-2)9-11-17/h3-14H,1-2H3/t14-/m0/s1. The summed E-state index contributed by atoms with van der Waals surface area (Å²) < 4.78 is 37.2. The number of carbonyl (C=O) groups excluding carboxylic acids is 1. The predicted molar refractivity (Wildman–Crippen MR) is 101 cm³/mol. The van der Waals surface area contributed by atoms with E-state index in [9.17, 15) is 18.0 Å². The predicted octanol–water partition coefficient (Wildman–Crippen LogP) is 2.00. The number of rotatable bonds is 6. The quantitative estimate of drug-likeness (QED) is 0.626. The highest BCUT2D eigenvalue weighted by molar-refractivity contribution is 7.90. The van der Waals surface area contributed by atoms with Crippen molar-refractivity contribution >= 4 is 15.9 Å². The molecule has 0 bridgehead atoms. The molecule has 0 unspecified atom stereocenters. The second kappa shape index (κ2) is 7.73. The lowest BCUT2D eigenvalue weighted by Crippen LogP contribution is -2.38. The Labute approximate surface area is 161 Å². The molecule has 0 saturated heterocycles. The Balaban J connectivity index is 1.88. The molecule has 0 spiro atoms. The van der Waals surface area contributed by atoms with Gasteiger partial charge < -0.3 is 9.47 Å². The van der Waals surface area contributed by atoms with E-state index < -0.39 is 27.7 Å². The van der Waals surface area contributed by atoms with Gasteiger partial charge in [-0.05, 0) is 43.3 Å². The van der Waals surface area contributed by atoms with Crippen LogP contribution in [-0.4, -0.2) is 36.1 Å². The number of benzene rings is 2. The molecular weight excluding hydrogens is 384 g/mol. The first-order valence-corrected chi connectivity index (χ1v) is 9.74. The number of nitrogens with zero attached hydrogens (tertiary/aromatic N) is 2. The normalized spacial score (nSPS) is 12.4. The van der Waals surface area contributed by atoms with Gasteiger partial charge in [-0.15, -0.1) is 0 Å². The van der Waals surface area contributed by atoms with E-state index in [1.165, 1.54) is 38.3 Å². The summed E-state index contributed by atoms with van der Waals surface area (Å²) in [6.45, 7) is 1.48. The minimum Gasteiger partial charge on any atom is -0.497 e. The Morgan fingerprint density at radius 1 is 0.964 bits per heavy atom. The third kappa shape index (κ3) is 3.70. The molecule has 3 rings (SSSR count). The van der Waals surface area contributed by atoms with Crippen LogP contribution in [0.25, 0.3) is 0 Å². The summed E-state index contributed by atoms with van der Waals surface area (Å²) in [7, 11) is -2.70. The average Bonchev–Trinajstić information content (AvgIpc) is 3.10. The van der Waals surface area contributed by atoms with Crippen molar-refractivity contribution in [3.05, 3.63) is 77.5 Å². The van der Waals surface area contributed by atoms with E-state index in [1.807, 2.05) is 0 Å². The highest BCUT2D eigenvalue weighted by Crippen LogP contribution is 2.17. The molecule has 0 radical (unpaired) electrons. The van der Waals surface area contributed by atoms with Crippen molar-refractivity contribution in [1.29, 1.82) is 0 Å². The van der Waals surface area contributed by atoms with Gasteiger partial charge in [0.2, 0.25) is 0 Å². The largest absolute Gasteiger partial charge is 0.497 e. The van der Waals surface area contributed by atoms with Gasteiger partial charge in [0.15, 0.2) is 6.10 Å². The molecule has 3 aromatic rings. The van der Waals surface area contributed by atoms with Gasteiger partial charge in [-0.2, -0.15) is 3.97 Å². The molecule has 0 aliphatic carbocycles. The van der Waals surface area contributed by atoms with Crippen LogP contribution in [0.2, 0.25) is 0 Å². The highest BCUT2D eigenvalue weighted by Gasteiger charge is 2.25. The minimum atomic E-state index is -4.16. The molecule has 0 amide bonds. The highest BCUT2D eigenvalue weighted by atomic mass is 32.2. The molecule has 1 heterocycles. The van der Waals surface area contributed by atoms with E-state index in [-0.39, 0.29) is 4.90 Å². The Morgan fingerprint density at radius 2 is 1.61 bits per heavy atom. The molecule has 0 saturated carbocycles. The van der Waals surface area contributed by atoms with Gasteiger partial charge in [-0.25, -0.2) is 17.8 Å². The van der Waals surface area contributed by atoms with Crippen LogP contribution in [0.4, 0.5) is 0 Å². The molecule has 28 heavy (non-hydrogen) atoms. The van der Waals surface area contributed by atoms with Gasteiger partial charge in [0, 0.05) is 12.4 Å². The van der Waals surface area contributed by atoms with Crippen LogP contribution in [0.1, 0.15) is 11.7 Å². The van der Waals surface area contributed by atoms with E-state index in [0.29, 0.717) is 20.0 Å². The summed E-state index contributed by atoms with van der Waals surface area (Å²) in [5, 5.41) is 0. The molecule has 0 fully saturated rings. The number of ether oxygens (including phenoxy) is 2. The van der Waals surface area contributed by atoms with E-state index >= 15 is 0 Å². The average molecular weight is 402 g/mol. The summed E-state index contributed by atoms with van der Waals surface area (Å²) in [4.78, 5) is 25.0. The topological polar surface area (TPSA) is 96.6 Å². The van der Waals surface area contributed by atoms with Crippen LogP contribution in [0.3, 0.4) is 0 Å². The van der Waals surface area contributed by atoms with Crippen molar-refractivity contribution in [2.45, 2.75) is 17.9 Å². The molecule has 1 aromatic heterocycles. The SMILES string of the molecule is COc1ccc(S(=O)(=O)n2ccn(C(=O)[C@H](C)Oc3ccccc3)c2=O)cc1. The first-order valence-electron chi connectivity index (χ1n) is 8.30. The minimum absolute atomic E-state index is 0.103. The lowest BCUT2D eigenvalue weighted by atomic mass is 10.3. The number of aromatic nitrogens is 2. The van der Waals surface area contributed by atoms with E-state index in [2.05, 4.69) is 0 Å². The second-order valence-electron chi connectivity index (χ2n) is 5.84. The fraction of sp³-hybridized carbons (Fsp3) is 0.158. The Bertz CT molecular complexity index is 1130. The van der Waals surface area contributed by atoms with Crippen LogP contribution in [-0.2, 0) is 10.0 Å². The van der Waals surface area contributed by atoms with Crippen molar-refractivity contribution in [2.24, 2.45) is 0 Å². The number of methoxy groups -OCH3 is 1. The Hall–Kier alpha value is -3.33. The van der Waals surface area contributed by atoms with Gasteiger partial charge in [0.25, 0.3) is 15.9 Å². The van der Waals surface area contributed by atoms with E-state index in [4.69, 9.17) is 9.47 Å². The number of imidazole rings is 1. The molecule has 8 nitrogen and oxygen atoms in total. The van der Waals surface area contributed by atoms with Crippen LogP contribution in [0, 0.1) is 0 Å². The smallest absolute Gasteiger partial charge is 0.349 e. The summed E-state index contributed by atoms with van der Waals surface area (Å²) in [5.41, 5.74) is -0.996. The van der Waals surface area contributed by atoms with Crippen LogP contribution in [0.15, 0.2) is 76.7 Å². The van der Waals surface area contributed by atoms with Crippen molar-refractivity contribution in [3.63, 3.8) is 0 Å². The monoisotopic (exact) mass is 402 g/mol. The van der Waals surface area contributed by atoms with E-state index in [0.717, 1.165) is 12.4 Å². The third-order valence-corrected chi connectivity index (χ3v) is 5.67. The number of hydrogen-bond donors (Lipinski definition) is 0. The van der Waals surface area contributed by atoms with E-state index in [1.54, 1.807) is 30.3 Å². The van der Waals surface area contributed by atoms with Gasteiger partial charge in [-0.1, -0.05) is 18.2 Å². The third-order valence-electron chi connectivity index (χ3n) is 4.00. The zero-order valence-corrected chi connectivity index (χ0v) is 16.0. The molecule has 2 aromatic carbocycles. The molecular formula is C19H18N2O6S. The summed E-state index contributed by atoms with van der Waals surface area (Å²) in [6, 6.07) is 14.2. The lowest BCUT2D eigenvalue weighted by Gasteiger charge is -2.13. The van der Waals surface area contributed by atoms with Crippen molar-refractivity contribution in [2.75, 3.05) is 7.11 Å². The van der Waals surface area contributed by atoms with Crippen LogP contribution < -0.4 is 15.2 Å². The molecule has 1 atom stereocenters. The van der Waals surface area contributed by atoms with Crippen LogP contribution in [0.5, 0.6) is 11.5 Å². The van der Waals surface area contributed by atoms with Gasteiger partial charge in [0.05, 0.1) is 12.0 Å². The molecule has 146 valence electrons. The molecule has 0 aliphatic rings. The van der Waals surface area contributed by atoms with Crippen molar-refractivity contribution in [1.82, 2.24) is 8.54 Å². The van der Waals surface area contributed by atoms with Gasteiger partial charge in [-0.3, -0.25) is 4.79 Å². The van der Waals surface area contributed by atoms with Gasteiger partial charge >= 0.3 is 5.69 Å². The first kappa shape index (κ1) is 19.4. The van der Waals surface area contributed by atoms with Gasteiger partial charge in [0.1, 0.15) is 11.5 Å². The van der Waals surface area contributed by atoms with Crippen LogP contribution >= 0.6 is 0 Å². The number of para-hydroxylation sites is 1. The Morgan fingerprint density at radius 3 is 2.21 bits per heavy atom. The molecule has 0 N–H and O–H groups in total. The summed E-state index contributed by atoms with van der Waals surface area (Å²) in [5.74, 6) is 0.255. The molecule has 0 aliphatic heterocycles. The second-order valence-corrected chi connectivity index (χ2v) is 7.65. The van der Waals surface area contributed by atoms with Crippen molar-refractivity contribution < 1.29 is 22.7 Å². The Kier molecular flexibility index (Phi) is 5.36. The lowest BCUT2D eigenvalue weighted by molar-refractivity contribution is 0.0723. The summed E-state index contributed by atoms with van der Waals surface area (Å²) >= 11 is 0. The maximum Gasteiger partial charge on any atom is 0.349 e. The number of carbonyl (C=O) groups is 1. The fourth-order valence-corrected chi connectivity index (χ4v) is 3.74. The maximum absolute atomic E-state index is 12.7. The zero-order valence-electron chi connectivity index (χ0n) is 15.2. The fourth-order valence-electron chi connectivity index (χ4n) is 2.52. The number of hydrogen-bond acceptors (Lipinski definition) is 6. The first-order chi connectivity index (χ1) is 13.3. The summed E-state index contributed by atoms with van der Waals surface area (Å²) in [6.07, 6.45) is 1.16. The molecule has 9 heteroatoms. The van der Waals surface area contributed by atoms with Crippen molar-refractivity contribution in [3.8, 4) is 11.5 Å².